The Balaban J connectivity index is 1.83. The van der Waals surface area contributed by atoms with Crippen molar-refractivity contribution in [3.8, 4) is 11.5 Å². The van der Waals surface area contributed by atoms with Crippen LogP contribution >= 0.6 is 0 Å². The van der Waals surface area contributed by atoms with Crippen molar-refractivity contribution in [1.82, 2.24) is 15.1 Å². The average Bonchev–Trinajstić information content (AvgIpc) is 3.07. The maximum absolute atomic E-state index is 12.8. The molecule has 0 bridgehead atoms. The van der Waals surface area contributed by atoms with Crippen molar-refractivity contribution in [3.05, 3.63) is 35.7 Å². The molecule has 1 heterocycles. The highest BCUT2D eigenvalue weighted by Crippen LogP contribution is 2.34. The molecule has 1 aromatic carbocycles. The number of aryl methyl sites for hydroxylation is 1. The summed E-state index contributed by atoms with van der Waals surface area (Å²) >= 11 is 0. The second-order valence-electron chi connectivity index (χ2n) is 6.47. The minimum atomic E-state index is -1.11. The molecule has 0 radical (unpaired) electrons. The molecule has 25 heavy (non-hydrogen) atoms. The van der Waals surface area contributed by atoms with Gasteiger partial charge in [0.1, 0.15) is 5.54 Å². The number of carbonyl (C=O) groups is 2. The van der Waals surface area contributed by atoms with Crippen molar-refractivity contribution < 1.29 is 19.1 Å². The Bertz CT molecular complexity index is 776. The van der Waals surface area contributed by atoms with Gasteiger partial charge in [-0.25, -0.2) is 4.79 Å². The molecule has 0 spiro atoms. The van der Waals surface area contributed by atoms with Crippen molar-refractivity contribution in [2.75, 3.05) is 7.05 Å². The largest absolute Gasteiger partial charge is 0.479 e. The first kappa shape index (κ1) is 17.1. The molecule has 0 atom stereocenters. The van der Waals surface area contributed by atoms with Gasteiger partial charge in [0.15, 0.2) is 0 Å². The summed E-state index contributed by atoms with van der Waals surface area (Å²) in [5.41, 5.74) is 0.0385. The molecule has 1 fully saturated rings. The van der Waals surface area contributed by atoms with Gasteiger partial charge in [-0.2, -0.15) is 0 Å². The number of aliphatic carboxylic acids is 1. The SMILES string of the molecule is Cc1nnc(-c2ccc(C(=O)N(C)C3(C(=O)O)CCCCC3)cc2)o1. The van der Waals surface area contributed by atoms with E-state index < -0.39 is 11.5 Å². The second-order valence-corrected chi connectivity index (χ2v) is 6.47. The average molecular weight is 343 g/mol. The zero-order valence-electron chi connectivity index (χ0n) is 14.4. The van der Waals surface area contributed by atoms with Crippen LogP contribution in [0, 0.1) is 6.92 Å². The third kappa shape index (κ3) is 3.14. The van der Waals surface area contributed by atoms with E-state index >= 15 is 0 Å². The molecule has 3 rings (SSSR count). The molecule has 7 heteroatoms. The molecule has 0 saturated heterocycles. The number of aromatic nitrogens is 2. The number of carbonyl (C=O) groups excluding carboxylic acids is 1. The number of nitrogens with zero attached hydrogens (tertiary/aromatic N) is 3. The summed E-state index contributed by atoms with van der Waals surface area (Å²) in [5, 5.41) is 17.5. The second kappa shape index (κ2) is 6.66. The van der Waals surface area contributed by atoms with Gasteiger partial charge in [0, 0.05) is 25.1 Å². The first-order valence-electron chi connectivity index (χ1n) is 8.36. The van der Waals surface area contributed by atoms with E-state index in [0.717, 1.165) is 19.3 Å². The number of benzene rings is 1. The van der Waals surface area contributed by atoms with Crippen LogP contribution in [0.1, 0.15) is 48.4 Å². The zero-order chi connectivity index (χ0) is 18.0. The van der Waals surface area contributed by atoms with Crippen LogP contribution in [0.5, 0.6) is 0 Å². The standard InChI is InChI=1S/C18H21N3O4/c1-12-19-20-15(25-12)13-6-8-14(9-7-13)16(22)21(2)18(17(23)24)10-4-3-5-11-18/h6-9H,3-5,10-11H2,1-2H3,(H,23,24). The highest BCUT2D eigenvalue weighted by atomic mass is 16.4. The summed E-state index contributed by atoms with van der Waals surface area (Å²) in [7, 11) is 1.58. The number of hydrogen-bond donors (Lipinski definition) is 1. The zero-order valence-corrected chi connectivity index (χ0v) is 14.4. The topological polar surface area (TPSA) is 96.5 Å². The molecule has 0 unspecified atom stereocenters. The summed E-state index contributed by atoms with van der Waals surface area (Å²) < 4.78 is 5.36. The number of rotatable bonds is 4. The van der Waals surface area contributed by atoms with Gasteiger partial charge in [-0.15, -0.1) is 10.2 Å². The van der Waals surface area contributed by atoms with E-state index in [4.69, 9.17) is 4.42 Å². The molecule has 0 aliphatic heterocycles. The van der Waals surface area contributed by atoms with Gasteiger partial charge in [0.05, 0.1) is 0 Å². The molecule has 1 N–H and O–H groups in total. The van der Waals surface area contributed by atoms with Crippen LogP contribution in [0.25, 0.3) is 11.5 Å². The van der Waals surface area contributed by atoms with E-state index in [2.05, 4.69) is 10.2 Å². The first-order valence-corrected chi connectivity index (χ1v) is 8.36. The highest BCUT2D eigenvalue weighted by molar-refractivity contribution is 5.98. The fourth-order valence-electron chi connectivity index (χ4n) is 3.39. The number of likely N-dealkylation sites (N-methyl/N-ethyl adjacent to an activating group) is 1. The van der Waals surface area contributed by atoms with E-state index in [1.165, 1.54) is 4.90 Å². The summed E-state index contributed by atoms with van der Waals surface area (Å²) in [4.78, 5) is 26.1. The van der Waals surface area contributed by atoms with E-state index in [-0.39, 0.29) is 5.91 Å². The van der Waals surface area contributed by atoms with Crippen molar-refractivity contribution in [2.45, 2.75) is 44.6 Å². The number of carboxylic acids is 1. The lowest BCUT2D eigenvalue weighted by Crippen LogP contribution is -2.56. The Labute approximate surface area is 145 Å². The van der Waals surface area contributed by atoms with Crippen LogP contribution < -0.4 is 0 Å². The first-order chi connectivity index (χ1) is 11.9. The van der Waals surface area contributed by atoms with Crippen molar-refractivity contribution in [2.24, 2.45) is 0 Å². The van der Waals surface area contributed by atoms with Crippen molar-refractivity contribution in [1.29, 1.82) is 0 Å². The molecule has 2 aromatic rings. The molecule has 1 amide bonds. The van der Waals surface area contributed by atoms with E-state index in [1.807, 2.05) is 0 Å². The molecule has 1 aromatic heterocycles. The van der Waals surface area contributed by atoms with E-state index in [0.29, 0.717) is 35.7 Å². The summed E-state index contributed by atoms with van der Waals surface area (Å²) in [5.74, 6) is -0.367. The van der Waals surface area contributed by atoms with Gasteiger partial charge < -0.3 is 14.4 Å². The Kier molecular flexibility index (Phi) is 4.57. The maximum Gasteiger partial charge on any atom is 0.329 e. The van der Waals surface area contributed by atoms with E-state index in [1.54, 1.807) is 38.2 Å². The molecule has 7 nitrogen and oxygen atoms in total. The normalized spacial score (nSPS) is 16.4. The molecule has 132 valence electrons. The smallest absolute Gasteiger partial charge is 0.329 e. The van der Waals surface area contributed by atoms with Crippen molar-refractivity contribution in [3.63, 3.8) is 0 Å². The van der Waals surface area contributed by atoms with Gasteiger partial charge in [-0.05, 0) is 37.1 Å². The lowest BCUT2D eigenvalue weighted by Gasteiger charge is -2.41. The van der Waals surface area contributed by atoms with Gasteiger partial charge >= 0.3 is 5.97 Å². The summed E-state index contributed by atoms with van der Waals surface area (Å²) in [6.07, 6.45) is 3.63. The minimum absolute atomic E-state index is 0.294. The van der Waals surface area contributed by atoms with E-state index in [9.17, 15) is 14.7 Å². The third-order valence-corrected chi connectivity index (χ3v) is 4.93. The highest BCUT2D eigenvalue weighted by Gasteiger charge is 2.45. The van der Waals surface area contributed by atoms with Crippen LogP contribution in [-0.2, 0) is 4.79 Å². The quantitative estimate of drug-likeness (QED) is 0.917. The predicted molar refractivity (Wildman–Crippen MR) is 90.0 cm³/mol. The molecule has 1 aliphatic rings. The molecule has 1 saturated carbocycles. The van der Waals surface area contributed by atoms with Gasteiger partial charge in [0.2, 0.25) is 11.8 Å². The van der Waals surface area contributed by atoms with Crippen molar-refractivity contribution >= 4 is 11.9 Å². The monoisotopic (exact) mass is 343 g/mol. The van der Waals surface area contributed by atoms with Crippen LogP contribution in [0.15, 0.2) is 28.7 Å². The van der Waals surface area contributed by atoms with Crippen LogP contribution in [0.2, 0.25) is 0 Å². The number of hydrogen-bond acceptors (Lipinski definition) is 5. The Morgan fingerprint density at radius 2 is 1.76 bits per heavy atom. The summed E-state index contributed by atoms with van der Waals surface area (Å²) in [6.45, 7) is 1.71. The molecule has 1 aliphatic carbocycles. The minimum Gasteiger partial charge on any atom is -0.479 e. The van der Waals surface area contributed by atoms with Gasteiger partial charge in [0.25, 0.3) is 5.91 Å². The third-order valence-electron chi connectivity index (χ3n) is 4.93. The Morgan fingerprint density at radius 3 is 2.28 bits per heavy atom. The Hall–Kier alpha value is -2.70. The van der Waals surface area contributed by atoms with Crippen LogP contribution in [0.3, 0.4) is 0 Å². The fourth-order valence-corrected chi connectivity index (χ4v) is 3.39. The van der Waals surface area contributed by atoms with Gasteiger partial charge in [-0.1, -0.05) is 19.3 Å². The van der Waals surface area contributed by atoms with Gasteiger partial charge in [-0.3, -0.25) is 4.79 Å². The number of carboxylic acid groups (broad SMARTS) is 1. The fraction of sp³-hybridized carbons (Fsp3) is 0.444. The predicted octanol–water partition coefficient (Wildman–Crippen LogP) is 2.90. The lowest BCUT2D eigenvalue weighted by molar-refractivity contribution is -0.151. The molecular weight excluding hydrogens is 322 g/mol. The van der Waals surface area contributed by atoms with Crippen LogP contribution in [0.4, 0.5) is 0 Å². The van der Waals surface area contributed by atoms with Crippen LogP contribution in [-0.4, -0.2) is 44.7 Å². The maximum atomic E-state index is 12.8. The molecular formula is C18H21N3O4. The lowest BCUT2D eigenvalue weighted by atomic mass is 9.80. The Morgan fingerprint density at radius 1 is 1.12 bits per heavy atom. The number of amides is 1. The summed E-state index contributed by atoms with van der Waals surface area (Å²) in [6, 6.07) is 6.77.